The minimum Gasteiger partial charge on any atom is -0.257 e. The van der Waals surface area contributed by atoms with E-state index in [-0.39, 0.29) is 0 Å². The van der Waals surface area contributed by atoms with E-state index in [1.165, 1.54) is 56.0 Å². The highest BCUT2D eigenvalue weighted by molar-refractivity contribution is 6.04. The molecule has 1 unspecified atom stereocenters. The average Bonchev–Trinajstić information content (AvgIpc) is 3.29. The largest absolute Gasteiger partial charge is 0.257 e. The van der Waals surface area contributed by atoms with Crippen molar-refractivity contribution >= 4 is 11.3 Å². The fraction of sp³-hybridized carbons (Fsp3) is 0.233. The van der Waals surface area contributed by atoms with E-state index >= 15 is 0 Å². The Morgan fingerprint density at radius 2 is 1.50 bits per heavy atom. The molecule has 224 valence electrons. The fourth-order valence-corrected chi connectivity index (χ4v) is 5.99. The third kappa shape index (κ3) is 8.77. The van der Waals surface area contributed by atoms with Crippen LogP contribution in [0.15, 0.2) is 169 Å². The summed E-state index contributed by atoms with van der Waals surface area (Å²) >= 11 is 0. The quantitative estimate of drug-likeness (QED) is 0.190. The van der Waals surface area contributed by atoms with Gasteiger partial charge in [-0.1, -0.05) is 134 Å². The highest BCUT2D eigenvalue weighted by atomic mass is 14.8. The molecule has 2 aliphatic rings. The van der Waals surface area contributed by atoms with E-state index in [1.807, 2.05) is 0 Å². The second kappa shape index (κ2) is 16.4. The van der Waals surface area contributed by atoms with Crippen LogP contribution in [0.3, 0.4) is 0 Å². The summed E-state index contributed by atoms with van der Waals surface area (Å²) in [6, 6.07) is 29.8. The maximum absolute atomic E-state index is 5.01. The normalized spacial score (nSPS) is 14.9. The monoisotopic (exact) mass is 577 g/mol. The molecule has 3 aromatic carbocycles. The van der Waals surface area contributed by atoms with Crippen molar-refractivity contribution in [2.75, 3.05) is 0 Å². The summed E-state index contributed by atoms with van der Waals surface area (Å²) in [5, 5.41) is 0. The number of aliphatic imine (C=N–C) groups is 1. The molecule has 0 radical (unpaired) electrons. The summed E-state index contributed by atoms with van der Waals surface area (Å²) in [5.41, 5.74) is 14.1. The molecule has 0 N–H and O–H groups in total. The van der Waals surface area contributed by atoms with Crippen molar-refractivity contribution in [3.05, 3.63) is 186 Å². The van der Waals surface area contributed by atoms with Gasteiger partial charge < -0.3 is 0 Å². The van der Waals surface area contributed by atoms with Gasteiger partial charge in [0.05, 0.1) is 5.71 Å². The molecule has 0 aromatic heterocycles. The van der Waals surface area contributed by atoms with E-state index in [1.54, 1.807) is 0 Å². The van der Waals surface area contributed by atoms with Crippen molar-refractivity contribution < 1.29 is 0 Å². The molecule has 1 heterocycles. The van der Waals surface area contributed by atoms with E-state index in [0.717, 1.165) is 50.5 Å². The first kappa shape index (κ1) is 32.4. The van der Waals surface area contributed by atoms with Gasteiger partial charge in [0.25, 0.3) is 0 Å². The Bertz CT molecular complexity index is 1590. The molecule has 5 rings (SSSR count). The van der Waals surface area contributed by atoms with Gasteiger partial charge in [0.1, 0.15) is 0 Å². The van der Waals surface area contributed by atoms with Crippen molar-refractivity contribution in [2.24, 2.45) is 10.9 Å². The lowest BCUT2D eigenvalue weighted by Gasteiger charge is -2.20. The molecule has 0 fully saturated rings. The molecule has 44 heavy (non-hydrogen) atoms. The first-order valence-electron chi connectivity index (χ1n) is 15.8. The summed E-state index contributed by atoms with van der Waals surface area (Å²) in [6.07, 6.45) is 16.6. The molecule has 1 atom stereocenters. The topological polar surface area (TPSA) is 12.4 Å². The van der Waals surface area contributed by atoms with E-state index in [0.29, 0.717) is 5.92 Å². The molecule has 0 saturated carbocycles. The van der Waals surface area contributed by atoms with Gasteiger partial charge in [0.2, 0.25) is 0 Å². The van der Waals surface area contributed by atoms with Crippen LogP contribution in [-0.2, 0) is 6.42 Å². The molecule has 3 aromatic rings. The van der Waals surface area contributed by atoms with Crippen LogP contribution in [0, 0.1) is 5.92 Å². The van der Waals surface area contributed by atoms with E-state index < -0.39 is 0 Å². The molecule has 0 amide bonds. The summed E-state index contributed by atoms with van der Waals surface area (Å²) in [7, 11) is 0. The van der Waals surface area contributed by atoms with Crippen LogP contribution >= 0.6 is 0 Å². The highest BCUT2D eigenvalue weighted by Crippen LogP contribution is 2.32. The van der Waals surface area contributed by atoms with Crippen molar-refractivity contribution in [1.82, 2.24) is 0 Å². The van der Waals surface area contributed by atoms with Crippen LogP contribution in [0.2, 0.25) is 0 Å². The Balaban J connectivity index is 0.00000216. The number of hydrogen-bond donors (Lipinski definition) is 0. The van der Waals surface area contributed by atoms with Gasteiger partial charge in [0.15, 0.2) is 0 Å². The molecule has 0 bridgehead atoms. The molecule has 0 saturated heterocycles. The van der Waals surface area contributed by atoms with E-state index in [4.69, 9.17) is 4.99 Å². The van der Waals surface area contributed by atoms with Gasteiger partial charge in [-0.05, 0) is 97.3 Å². The molecule has 0 spiro atoms. The number of hydrogen-bond acceptors (Lipinski definition) is 1. The van der Waals surface area contributed by atoms with Crippen LogP contribution in [0.1, 0.15) is 74.6 Å². The highest BCUT2D eigenvalue weighted by Gasteiger charge is 2.18. The number of nitrogens with zero attached hydrogens (tertiary/aromatic N) is 1. The summed E-state index contributed by atoms with van der Waals surface area (Å²) in [5.74, 6) is 0.370. The van der Waals surface area contributed by atoms with Gasteiger partial charge in [-0.2, -0.15) is 0 Å². The SMILES string of the molecule is C=C.C=C(c1ccccc1)c1ccccc1CC(CC1=CC=C(CCCC2=C(C)CC(c3ccccc3)=N2)CC=C1)C(=C)C. The zero-order valence-corrected chi connectivity index (χ0v) is 26.7. The van der Waals surface area contributed by atoms with Crippen molar-refractivity contribution in [3.8, 4) is 0 Å². The van der Waals surface area contributed by atoms with Crippen LogP contribution in [-0.4, -0.2) is 5.71 Å². The van der Waals surface area contributed by atoms with Crippen molar-refractivity contribution in [3.63, 3.8) is 0 Å². The third-order valence-corrected chi connectivity index (χ3v) is 8.57. The molecule has 1 nitrogen and oxygen atoms in total. The maximum Gasteiger partial charge on any atom is 0.0520 e. The van der Waals surface area contributed by atoms with Gasteiger partial charge >= 0.3 is 0 Å². The molecule has 1 aliphatic heterocycles. The first-order valence-corrected chi connectivity index (χ1v) is 15.8. The zero-order valence-electron chi connectivity index (χ0n) is 26.7. The lowest BCUT2D eigenvalue weighted by atomic mass is 9.84. The Labute approximate surface area is 266 Å². The Morgan fingerprint density at radius 3 is 2.23 bits per heavy atom. The predicted octanol–water partition coefficient (Wildman–Crippen LogP) is 11.8. The summed E-state index contributed by atoms with van der Waals surface area (Å²) in [6.45, 7) is 19.3. The Morgan fingerprint density at radius 1 is 0.818 bits per heavy atom. The minimum atomic E-state index is 0.370. The average molecular weight is 578 g/mol. The zero-order chi connectivity index (χ0) is 31.3. The number of rotatable bonds is 12. The molecular weight excluding hydrogens is 530 g/mol. The maximum atomic E-state index is 5.01. The van der Waals surface area contributed by atoms with Gasteiger partial charge in [-0.25, -0.2) is 0 Å². The number of benzene rings is 3. The number of allylic oxidation sites excluding steroid dienone is 9. The molecule has 1 heteroatoms. The van der Waals surface area contributed by atoms with Crippen LogP contribution in [0.25, 0.3) is 5.57 Å². The molecular formula is C43H47N. The minimum absolute atomic E-state index is 0.370. The van der Waals surface area contributed by atoms with E-state index in [9.17, 15) is 0 Å². The Hall–Kier alpha value is -4.49. The second-order valence-corrected chi connectivity index (χ2v) is 11.8. The second-order valence-electron chi connectivity index (χ2n) is 11.8. The summed E-state index contributed by atoms with van der Waals surface area (Å²) in [4.78, 5) is 5.01. The third-order valence-electron chi connectivity index (χ3n) is 8.57. The molecule has 1 aliphatic carbocycles. The van der Waals surface area contributed by atoms with Crippen LogP contribution in [0.5, 0.6) is 0 Å². The first-order chi connectivity index (χ1) is 21.5. The van der Waals surface area contributed by atoms with Gasteiger partial charge in [-0.3, -0.25) is 4.99 Å². The van der Waals surface area contributed by atoms with E-state index in [2.05, 4.69) is 149 Å². The summed E-state index contributed by atoms with van der Waals surface area (Å²) < 4.78 is 0. The van der Waals surface area contributed by atoms with Gasteiger partial charge in [-0.15, -0.1) is 13.2 Å². The lowest BCUT2D eigenvalue weighted by Crippen LogP contribution is -2.08. The predicted molar refractivity (Wildman–Crippen MR) is 193 cm³/mol. The van der Waals surface area contributed by atoms with Crippen LogP contribution < -0.4 is 0 Å². The lowest BCUT2D eigenvalue weighted by molar-refractivity contribution is 0.610. The van der Waals surface area contributed by atoms with Crippen molar-refractivity contribution in [1.29, 1.82) is 0 Å². The van der Waals surface area contributed by atoms with Crippen LogP contribution in [0.4, 0.5) is 0 Å². The smallest absolute Gasteiger partial charge is 0.0520 e. The Kier molecular flexibility index (Phi) is 12.1. The van der Waals surface area contributed by atoms with Crippen molar-refractivity contribution in [2.45, 2.75) is 58.8 Å². The fourth-order valence-electron chi connectivity index (χ4n) is 5.99. The van der Waals surface area contributed by atoms with Gasteiger partial charge in [0, 0.05) is 12.1 Å². The standard InChI is InChI=1S/C41H43N.C2H4/c1-30(2)38(29-37-22-11-12-23-39(37)32(4)35-18-7-5-8-19-35)28-34-17-13-15-33(25-26-34)16-14-24-40-31(3)27-41(42-40)36-20-9-6-10-21-36;1-2/h5-13,17-23,25-26,38H,1,4,14-16,24,27-29H2,2-3H3;1-2H2.